The Hall–Kier alpha value is -1.00. The number of hydrogen-bond donors (Lipinski definition) is 2. The van der Waals surface area contributed by atoms with Crippen molar-refractivity contribution in [1.29, 1.82) is 0 Å². The van der Waals surface area contributed by atoms with E-state index in [1.54, 1.807) is 0 Å². The molecule has 1 N–H and O–H groups in total. The number of aromatic nitrogens is 2. The Bertz CT molecular complexity index is 531. The van der Waals surface area contributed by atoms with Gasteiger partial charge in [-0.25, -0.2) is 4.98 Å². The summed E-state index contributed by atoms with van der Waals surface area (Å²) in [6, 6.07) is 6.54. The number of aryl methyl sites for hydroxylation is 1. The molecule has 0 unspecified atom stereocenters. The molecule has 4 heteroatoms. The van der Waals surface area contributed by atoms with E-state index in [0.717, 1.165) is 24.4 Å². The number of thiol groups is 1. The second-order valence-corrected chi connectivity index (χ2v) is 5.79. The molecule has 0 aliphatic carbocycles. The minimum absolute atomic E-state index is 0.106. The Morgan fingerprint density at radius 1 is 1.39 bits per heavy atom. The van der Waals surface area contributed by atoms with Crippen molar-refractivity contribution in [3.05, 3.63) is 30.1 Å². The van der Waals surface area contributed by atoms with Crippen LogP contribution >= 0.6 is 12.6 Å². The lowest BCUT2D eigenvalue weighted by atomic mass is 9.84. The van der Waals surface area contributed by atoms with Gasteiger partial charge in [-0.2, -0.15) is 12.6 Å². The van der Waals surface area contributed by atoms with Gasteiger partial charge in [0.1, 0.15) is 0 Å². The Morgan fingerprint density at radius 3 is 2.89 bits per heavy atom. The van der Waals surface area contributed by atoms with E-state index in [0.29, 0.717) is 0 Å². The number of nitrogens with one attached hydrogen (secondary N) is 1. The number of nitrogens with zero attached hydrogens (tertiary/aromatic N) is 2. The lowest BCUT2D eigenvalue weighted by Crippen LogP contribution is -2.33. The van der Waals surface area contributed by atoms with E-state index in [9.17, 15) is 0 Å². The minimum atomic E-state index is 0.106. The van der Waals surface area contributed by atoms with Crippen molar-refractivity contribution in [1.82, 2.24) is 14.9 Å². The van der Waals surface area contributed by atoms with E-state index in [-0.39, 0.29) is 5.41 Å². The van der Waals surface area contributed by atoms with E-state index in [2.05, 4.69) is 55.0 Å². The summed E-state index contributed by atoms with van der Waals surface area (Å²) in [4.78, 5) is 4.42. The van der Waals surface area contributed by atoms with Crippen molar-refractivity contribution < 1.29 is 0 Å². The number of hydrogen-bond acceptors (Lipinski definition) is 3. The predicted molar refractivity (Wildman–Crippen MR) is 80.5 cm³/mol. The van der Waals surface area contributed by atoms with Crippen LogP contribution in [0.25, 0.3) is 11.0 Å². The normalized spacial score (nSPS) is 12.2. The number of fused-ring (bicyclic) bond motifs is 1. The molecule has 2 aromatic rings. The molecule has 0 spiro atoms. The molecule has 2 rings (SSSR count). The van der Waals surface area contributed by atoms with E-state index >= 15 is 0 Å². The van der Waals surface area contributed by atoms with Crippen LogP contribution in [0.5, 0.6) is 0 Å². The van der Waals surface area contributed by atoms with Crippen LogP contribution in [-0.4, -0.2) is 28.4 Å². The zero-order chi connectivity index (χ0) is 13.2. The fraction of sp³-hybridized carbons (Fsp3) is 0.500. The molecular weight excluding hydrogens is 242 g/mol. The van der Waals surface area contributed by atoms with Crippen LogP contribution in [0, 0.1) is 0 Å². The van der Waals surface area contributed by atoms with Gasteiger partial charge in [0.15, 0.2) is 0 Å². The first-order chi connectivity index (χ1) is 8.54. The highest BCUT2D eigenvalue weighted by atomic mass is 32.1. The average Bonchev–Trinajstić information content (AvgIpc) is 2.71. The smallest absolute Gasteiger partial charge is 0.0955 e. The van der Waals surface area contributed by atoms with Gasteiger partial charge in [0.2, 0.25) is 0 Å². The van der Waals surface area contributed by atoms with E-state index in [1.165, 1.54) is 11.1 Å². The Kier molecular flexibility index (Phi) is 3.97. The standard InChI is InChI=1S/C14H21N3S/c1-14(2,9-15-6-7-18)11-4-5-13-12(8-11)16-10-17(13)3/h4-5,8,10,15,18H,6-7,9H2,1-3H3. The molecule has 98 valence electrons. The van der Waals surface area contributed by atoms with Crippen LogP contribution < -0.4 is 5.32 Å². The second-order valence-electron chi connectivity index (χ2n) is 5.34. The maximum absolute atomic E-state index is 4.42. The summed E-state index contributed by atoms with van der Waals surface area (Å²) in [6.45, 7) is 6.40. The highest BCUT2D eigenvalue weighted by molar-refractivity contribution is 7.80. The fourth-order valence-electron chi connectivity index (χ4n) is 2.14. The monoisotopic (exact) mass is 263 g/mol. The summed E-state index contributed by atoms with van der Waals surface area (Å²) in [5, 5.41) is 3.43. The Labute approximate surface area is 114 Å². The molecule has 0 aliphatic rings. The first kappa shape index (κ1) is 13.4. The van der Waals surface area contributed by atoms with Crippen LogP contribution in [0.1, 0.15) is 19.4 Å². The van der Waals surface area contributed by atoms with E-state index in [4.69, 9.17) is 0 Å². The van der Waals surface area contributed by atoms with Gasteiger partial charge < -0.3 is 9.88 Å². The van der Waals surface area contributed by atoms with Gasteiger partial charge in [-0.05, 0) is 17.7 Å². The SMILES string of the molecule is Cn1cnc2cc(C(C)(C)CNCCS)ccc21. The third-order valence-electron chi connectivity index (χ3n) is 3.36. The molecule has 0 atom stereocenters. The third-order valence-corrected chi connectivity index (χ3v) is 3.59. The fourth-order valence-corrected chi connectivity index (χ4v) is 2.30. The van der Waals surface area contributed by atoms with E-state index in [1.807, 2.05) is 17.9 Å². The summed E-state index contributed by atoms with van der Waals surface area (Å²) in [6.07, 6.45) is 1.86. The predicted octanol–water partition coefficient (Wildman–Crippen LogP) is 2.37. The molecule has 3 nitrogen and oxygen atoms in total. The highest BCUT2D eigenvalue weighted by Crippen LogP contribution is 2.25. The molecule has 1 heterocycles. The van der Waals surface area contributed by atoms with Crippen LogP contribution in [0.2, 0.25) is 0 Å². The molecule has 0 aliphatic heterocycles. The molecule has 1 aromatic carbocycles. The first-order valence-electron chi connectivity index (χ1n) is 6.28. The third kappa shape index (κ3) is 2.70. The van der Waals surface area contributed by atoms with Gasteiger partial charge in [0.25, 0.3) is 0 Å². The molecule has 1 aromatic heterocycles. The molecule has 0 radical (unpaired) electrons. The maximum atomic E-state index is 4.42. The molecule has 18 heavy (non-hydrogen) atoms. The zero-order valence-corrected chi connectivity index (χ0v) is 12.2. The largest absolute Gasteiger partial charge is 0.334 e. The number of imidazole rings is 1. The quantitative estimate of drug-likeness (QED) is 0.641. The van der Waals surface area contributed by atoms with Gasteiger partial charge in [-0.15, -0.1) is 0 Å². The molecular formula is C14H21N3S. The van der Waals surface area contributed by atoms with Crippen molar-refractivity contribution in [2.45, 2.75) is 19.3 Å². The molecule has 0 amide bonds. The Balaban J connectivity index is 2.23. The van der Waals surface area contributed by atoms with Gasteiger partial charge in [-0.3, -0.25) is 0 Å². The van der Waals surface area contributed by atoms with Crippen molar-refractivity contribution >= 4 is 23.7 Å². The number of benzene rings is 1. The first-order valence-corrected chi connectivity index (χ1v) is 6.91. The summed E-state index contributed by atoms with van der Waals surface area (Å²) in [5.41, 5.74) is 3.67. The lowest BCUT2D eigenvalue weighted by Gasteiger charge is -2.25. The summed E-state index contributed by atoms with van der Waals surface area (Å²) in [7, 11) is 2.02. The molecule has 0 fully saturated rings. The van der Waals surface area contributed by atoms with Gasteiger partial charge in [0.05, 0.1) is 17.4 Å². The van der Waals surface area contributed by atoms with E-state index < -0.39 is 0 Å². The van der Waals surface area contributed by atoms with Gasteiger partial charge in [-0.1, -0.05) is 19.9 Å². The molecule has 0 saturated carbocycles. The summed E-state index contributed by atoms with van der Waals surface area (Å²) >= 11 is 4.21. The van der Waals surface area contributed by atoms with Crippen molar-refractivity contribution in [3.63, 3.8) is 0 Å². The maximum Gasteiger partial charge on any atom is 0.0955 e. The zero-order valence-electron chi connectivity index (χ0n) is 11.3. The van der Waals surface area contributed by atoms with Crippen LogP contribution in [0.4, 0.5) is 0 Å². The van der Waals surface area contributed by atoms with Crippen LogP contribution in [0.3, 0.4) is 0 Å². The highest BCUT2D eigenvalue weighted by Gasteiger charge is 2.20. The minimum Gasteiger partial charge on any atom is -0.334 e. The second kappa shape index (κ2) is 5.33. The van der Waals surface area contributed by atoms with Gasteiger partial charge >= 0.3 is 0 Å². The number of rotatable bonds is 5. The summed E-state index contributed by atoms with van der Waals surface area (Å²) in [5.74, 6) is 0.870. The summed E-state index contributed by atoms with van der Waals surface area (Å²) < 4.78 is 2.05. The van der Waals surface area contributed by atoms with Gasteiger partial charge in [0, 0.05) is 31.3 Å². The van der Waals surface area contributed by atoms with Crippen molar-refractivity contribution in [2.75, 3.05) is 18.8 Å². The molecule has 0 saturated heterocycles. The lowest BCUT2D eigenvalue weighted by molar-refractivity contribution is 0.479. The molecule has 0 bridgehead atoms. The average molecular weight is 263 g/mol. The Morgan fingerprint density at radius 2 is 2.17 bits per heavy atom. The van der Waals surface area contributed by atoms with Crippen LogP contribution in [-0.2, 0) is 12.5 Å². The van der Waals surface area contributed by atoms with Crippen molar-refractivity contribution in [2.24, 2.45) is 7.05 Å². The van der Waals surface area contributed by atoms with Crippen molar-refractivity contribution in [3.8, 4) is 0 Å². The van der Waals surface area contributed by atoms with Crippen LogP contribution in [0.15, 0.2) is 24.5 Å². The topological polar surface area (TPSA) is 29.9 Å².